The minimum Gasteiger partial charge on any atom is -0.494 e. The number of hydrogen-bond acceptors (Lipinski definition) is 2. The molecule has 0 atom stereocenters. The minimum atomic E-state index is 0.712. The van der Waals surface area contributed by atoms with Gasteiger partial charge in [0.2, 0.25) is 0 Å². The van der Waals surface area contributed by atoms with E-state index in [4.69, 9.17) is 16.3 Å². The van der Waals surface area contributed by atoms with Gasteiger partial charge in [0.1, 0.15) is 5.75 Å². The SMILES string of the molecule is Cc1cc(Cl)ccc1NCCCOc1ccccc1. The molecule has 2 nitrogen and oxygen atoms in total. The lowest BCUT2D eigenvalue weighted by atomic mass is 10.2. The van der Waals surface area contributed by atoms with Crippen molar-refractivity contribution in [3.8, 4) is 5.75 Å². The van der Waals surface area contributed by atoms with Gasteiger partial charge in [-0.15, -0.1) is 0 Å². The van der Waals surface area contributed by atoms with Crippen molar-refractivity contribution in [2.24, 2.45) is 0 Å². The smallest absolute Gasteiger partial charge is 0.119 e. The Morgan fingerprint density at radius 3 is 2.63 bits per heavy atom. The van der Waals surface area contributed by atoms with E-state index in [-0.39, 0.29) is 0 Å². The average molecular weight is 276 g/mol. The molecule has 0 amide bonds. The predicted octanol–water partition coefficient (Wildman–Crippen LogP) is 4.53. The molecule has 3 heteroatoms. The van der Waals surface area contributed by atoms with Crippen LogP contribution in [0.25, 0.3) is 0 Å². The number of para-hydroxylation sites is 1. The Morgan fingerprint density at radius 2 is 1.89 bits per heavy atom. The van der Waals surface area contributed by atoms with E-state index in [1.54, 1.807) is 0 Å². The van der Waals surface area contributed by atoms with Gasteiger partial charge in [0, 0.05) is 17.3 Å². The second kappa shape index (κ2) is 7.05. The van der Waals surface area contributed by atoms with Crippen molar-refractivity contribution in [2.75, 3.05) is 18.5 Å². The van der Waals surface area contributed by atoms with Crippen molar-refractivity contribution >= 4 is 17.3 Å². The van der Waals surface area contributed by atoms with Gasteiger partial charge in [-0.25, -0.2) is 0 Å². The summed E-state index contributed by atoms with van der Waals surface area (Å²) in [4.78, 5) is 0. The van der Waals surface area contributed by atoms with E-state index in [0.29, 0.717) is 6.61 Å². The van der Waals surface area contributed by atoms with Crippen LogP contribution in [-0.2, 0) is 0 Å². The molecular formula is C16H18ClNO. The number of benzene rings is 2. The zero-order valence-corrected chi connectivity index (χ0v) is 11.8. The molecule has 0 aliphatic rings. The fourth-order valence-electron chi connectivity index (χ4n) is 1.83. The monoisotopic (exact) mass is 275 g/mol. The van der Waals surface area contributed by atoms with Crippen LogP contribution in [0.15, 0.2) is 48.5 Å². The highest BCUT2D eigenvalue weighted by atomic mass is 35.5. The van der Waals surface area contributed by atoms with Crippen LogP contribution in [0.5, 0.6) is 5.75 Å². The van der Waals surface area contributed by atoms with Crippen molar-refractivity contribution in [3.05, 3.63) is 59.1 Å². The lowest BCUT2D eigenvalue weighted by Gasteiger charge is -2.10. The Bertz CT molecular complexity index is 513. The van der Waals surface area contributed by atoms with Gasteiger partial charge < -0.3 is 10.1 Å². The molecule has 0 aromatic heterocycles. The Kier molecular flexibility index (Phi) is 5.10. The topological polar surface area (TPSA) is 21.3 Å². The Morgan fingerprint density at radius 1 is 1.11 bits per heavy atom. The summed E-state index contributed by atoms with van der Waals surface area (Å²) in [6, 6.07) is 15.7. The molecule has 2 aromatic carbocycles. The van der Waals surface area contributed by atoms with E-state index in [2.05, 4.69) is 12.2 Å². The van der Waals surface area contributed by atoms with Crippen LogP contribution in [0.2, 0.25) is 5.02 Å². The van der Waals surface area contributed by atoms with Crippen LogP contribution in [0, 0.1) is 6.92 Å². The zero-order chi connectivity index (χ0) is 13.5. The van der Waals surface area contributed by atoms with E-state index >= 15 is 0 Å². The molecule has 0 saturated heterocycles. The maximum Gasteiger partial charge on any atom is 0.119 e. The first-order valence-corrected chi connectivity index (χ1v) is 6.81. The number of ether oxygens (including phenoxy) is 1. The van der Waals surface area contributed by atoms with E-state index in [1.807, 2.05) is 48.5 Å². The summed E-state index contributed by atoms with van der Waals surface area (Å²) in [5, 5.41) is 4.16. The molecule has 0 bridgehead atoms. The quantitative estimate of drug-likeness (QED) is 0.782. The zero-order valence-electron chi connectivity index (χ0n) is 11.0. The largest absolute Gasteiger partial charge is 0.494 e. The molecule has 0 heterocycles. The molecule has 0 saturated carbocycles. The highest BCUT2D eigenvalue weighted by Crippen LogP contribution is 2.19. The highest BCUT2D eigenvalue weighted by Gasteiger charge is 1.98. The summed E-state index contributed by atoms with van der Waals surface area (Å²) in [7, 11) is 0. The lowest BCUT2D eigenvalue weighted by Crippen LogP contribution is -2.08. The van der Waals surface area contributed by atoms with Crippen LogP contribution < -0.4 is 10.1 Å². The Balaban J connectivity index is 1.69. The third-order valence-corrected chi connectivity index (χ3v) is 3.07. The average Bonchev–Trinajstić information content (AvgIpc) is 2.42. The van der Waals surface area contributed by atoms with E-state index in [9.17, 15) is 0 Å². The summed E-state index contributed by atoms with van der Waals surface area (Å²) < 4.78 is 5.63. The standard InChI is InChI=1S/C16H18ClNO/c1-13-12-14(17)8-9-16(13)18-10-5-11-19-15-6-3-2-4-7-15/h2-4,6-9,12,18H,5,10-11H2,1H3. The summed E-state index contributed by atoms with van der Waals surface area (Å²) in [5.41, 5.74) is 2.29. The van der Waals surface area contributed by atoms with E-state index in [1.165, 1.54) is 0 Å². The molecule has 1 N–H and O–H groups in total. The van der Waals surface area contributed by atoms with Crippen molar-refractivity contribution < 1.29 is 4.74 Å². The van der Waals surface area contributed by atoms with Crippen LogP contribution in [0.3, 0.4) is 0 Å². The summed E-state index contributed by atoms with van der Waals surface area (Å²) in [5.74, 6) is 0.921. The molecule has 2 aromatic rings. The molecular weight excluding hydrogens is 258 g/mol. The van der Waals surface area contributed by atoms with Gasteiger partial charge in [-0.2, -0.15) is 0 Å². The minimum absolute atomic E-state index is 0.712. The molecule has 100 valence electrons. The van der Waals surface area contributed by atoms with Gasteiger partial charge in [0.25, 0.3) is 0 Å². The molecule has 0 unspecified atom stereocenters. The van der Waals surface area contributed by atoms with Crippen molar-refractivity contribution in [3.63, 3.8) is 0 Å². The third kappa shape index (κ3) is 4.49. The van der Waals surface area contributed by atoms with Crippen LogP contribution >= 0.6 is 11.6 Å². The maximum absolute atomic E-state index is 5.92. The summed E-state index contributed by atoms with van der Waals surface area (Å²) in [6.07, 6.45) is 0.955. The molecule has 0 aliphatic heterocycles. The number of rotatable bonds is 6. The van der Waals surface area contributed by atoms with Crippen molar-refractivity contribution in [1.29, 1.82) is 0 Å². The molecule has 19 heavy (non-hydrogen) atoms. The first kappa shape index (κ1) is 13.8. The molecule has 2 rings (SSSR count). The first-order chi connectivity index (χ1) is 9.25. The maximum atomic E-state index is 5.92. The normalized spacial score (nSPS) is 10.2. The van der Waals surface area contributed by atoms with E-state index < -0.39 is 0 Å². The predicted molar refractivity (Wildman–Crippen MR) is 81.2 cm³/mol. The number of hydrogen-bond donors (Lipinski definition) is 1. The van der Waals surface area contributed by atoms with Gasteiger partial charge in [-0.05, 0) is 49.2 Å². The van der Waals surface area contributed by atoms with Gasteiger partial charge in [0.15, 0.2) is 0 Å². The Labute approximate surface area is 119 Å². The number of anilines is 1. The molecule has 0 radical (unpaired) electrons. The fraction of sp³-hybridized carbons (Fsp3) is 0.250. The van der Waals surface area contributed by atoms with Crippen LogP contribution in [0.1, 0.15) is 12.0 Å². The summed E-state index contributed by atoms with van der Waals surface area (Å²) >= 11 is 5.92. The van der Waals surface area contributed by atoms with E-state index in [0.717, 1.165) is 35.0 Å². The van der Waals surface area contributed by atoms with Gasteiger partial charge in [-0.1, -0.05) is 29.8 Å². The number of nitrogens with one attached hydrogen (secondary N) is 1. The second-order valence-corrected chi connectivity index (χ2v) is 4.84. The third-order valence-electron chi connectivity index (χ3n) is 2.84. The Hall–Kier alpha value is -1.67. The van der Waals surface area contributed by atoms with Gasteiger partial charge >= 0.3 is 0 Å². The van der Waals surface area contributed by atoms with Crippen molar-refractivity contribution in [1.82, 2.24) is 0 Å². The van der Waals surface area contributed by atoms with Crippen LogP contribution in [0.4, 0.5) is 5.69 Å². The highest BCUT2D eigenvalue weighted by molar-refractivity contribution is 6.30. The molecule has 0 fully saturated rings. The number of halogens is 1. The second-order valence-electron chi connectivity index (χ2n) is 4.40. The summed E-state index contributed by atoms with van der Waals surface area (Å²) in [6.45, 7) is 3.65. The van der Waals surface area contributed by atoms with Crippen molar-refractivity contribution in [2.45, 2.75) is 13.3 Å². The van der Waals surface area contributed by atoms with Gasteiger partial charge in [-0.3, -0.25) is 0 Å². The van der Waals surface area contributed by atoms with Gasteiger partial charge in [0.05, 0.1) is 6.61 Å². The van der Waals surface area contributed by atoms with Crippen LogP contribution in [-0.4, -0.2) is 13.2 Å². The molecule has 0 spiro atoms. The first-order valence-electron chi connectivity index (χ1n) is 6.43. The number of aryl methyl sites for hydroxylation is 1. The fourth-order valence-corrected chi connectivity index (χ4v) is 2.05. The molecule has 0 aliphatic carbocycles. The lowest BCUT2D eigenvalue weighted by molar-refractivity contribution is 0.315.